The van der Waals surface area contributed by atoms with Crippen molar-refractivity contribution in [3.8, 4) is 11.4 Å². The molecule has 0 aliphatic heterocycles. The van der Waals surface area contributed by atoms with Gasteiger partial charge in [-0.25, -0.2) is 19.9 Å². The van der Waals surface area contributed by atoms with E-state index in [1.807, 2.05) is 0 Å². The molecular weight excluding hydrogens is 631 g/mol. The van der Waals surface area contributed by atoms with Crippen molar-refractivity contribution < 1.29 is 30.5 Å². The number of hydrogen-bond donors (Lipinski definition) is 1. The maximum Gasteiger partial charge on any atom is 0.534 e. The van der Waals surface area contributed by atoms with Crippen molar-refractivity contribution in [2.24, 2.45) is 0 Å². The van der Waals surface area contributed by atoms with Crippen molar-refractivity contribution in [2.45, 2.75) is 50.9 Å². The maximum atomic E-state index is 13.8. The van der Waals surface area contributed by atoms with Gasteiger partial charge < -0.3 is 14.2 Å². The third-order valence-corrected chi connectivity index (χ3v) is 9.42. The predicted molar refractivity (Wildman–Crippen MR) is 164 cm³/mol. The summed E-state index contributed by atoms with van der Waals surface area (Å²) in [6.07, 6.45) is 2.95. The molecule has 0 aliphatic rings. The number of anilines is 1. The number of fused-ring (bicyclic) bond motifs is 2. The molecule has 1 unspecified atom stereocenters. The Morgan fingerprint density at radius 3 is 2.53 bits per heavy atom. The largest absolute Gasteiger partial charge is 0.534 e. The Morgan fingerprint density at radius 1 is 1.04 bits per heavy atom. The van der Waals surface area contributed by atoms with Crippen LogP contribution in [-0.4, -0.2) is 57.7 Å². The van der Waals surface area contributed by atoms with Gasteiger partial charge in [0.15, 0.2) is 17.0 Å². The fourth-order valence-electron chi connectivity index (χ4n) is 4.43. The topological polar surface area (TPSA) is 143 Å². The number of alkyl halides is 3. The fourth-order valence-corrected chi connectivity index (χ4v) is 5.64. The fraction of sp³-hybridized carbons (Fsp3) is 0.321. The first-order valence-corrected chi connectivity index (χ1v) is 18.9. The van der Waals surface area contributed by atoms with E-state index in [2.05, 4.69) is 49.1 Å². The van der Waals surface area contributed by atoms with E-state index in [0.717, 1.165) is 18.2 Å². The van der Waals surface area contributed by atoms with E-state index in [0.29, 0.717) is 29.1 Å². The molecule has 0 bridgehead atoms. The minimum absolute atomic E-state index is 0.0318. The van der Waals surface area contributed by atoms with E-state index in [-0.39, 0.29) is 23.6 Å². The quantitative estimate of drug-likeness (QED) is 0.0864. The van der Waals surface area contributed by atoms with Gasteiger partial charge in [0.2, 0.25) is 0 Å². The van der Waals surface area contributed by atoms with Crippen LogP contribution in [0.3, 0.4) is 0 Å². The van der Waals surface area contributed by atoms with Gasteiger partial charge in [0.25, 0.3) is 5.56 Å². The Morgan fingerprint density at radius 2 is 1.80 bits per heavy atom. The Labute approximate surface area is 257 Å². The molecule has 0 radical (unpaired) electrons. The van der Waals surface area contributed by atoms with Crippen molar-refractivity contribution in [2.75, 3.05) is 11.9 Å². The third-order valence-electron chi connectivity index (χ3n) is 6.74. The molecule has 0 spiro atoms. The zero-order valence-electron chi connectivity index (χ0n) is 24.7. The van der Waals surface area contributed by atoms with Crippen LogP contribution in [0.5, 0.6) is 5.75 Å². The van der Waals surface area contributed by atoms with Crippen molar-refractivity contribution in [3.05, 3.63) is 77.4 Å². The highest BCUT2D eigenvalue weighted by molar-refractivity contribution is 7.88. The lowest BCUT2D eigenvalue weighted by Crippen LogP contribution is -2.29. The highest BCUT2D eigenvalue weighted by Crippen LogP contribution is 2.29. The number of ether oxygens (including phenoxy) is 1. The average molecular weight is 662 g/mol. The van der Waals surface area contributed by atoms with Gasteiger partial charge >= 0.3 is 15.6 Å². The van der Waals surface area contributed by atoms with E-state index >= 15 is 0 Å². The molecule has 5 aromatic rings. The molecule has 1 atom stereocenters. The number of halogens is 3. The number of rotatable bonds is 11. The number of para-hydroxylation sites is 1. The highest BCUT2D eigenvalue weighted by atomic mass is 32.2. The monoisotopic (exact) mass is 661 g/mol. The van der Waals surface area contributed by atoms with Crippen molar-refractivity contribution in [1.29, 1.82) is 0 Å². The van der Waals surface area contributed by atoms with E-state index < -0.39 is 41.1 Å². The van der Waals surface area contributed by atoms with E-state index in [9.17, 15) is 26.4 Å². The van der Waals surface area contributed by atoms with Crippen molar-refractivity contribution in [3.63, 3.8) is 0 Å². The molecule has 17 heteroatoms. The molecule has 238 valence electrons. The summed E-state index contributed by atoms with van der Waals surface area (Å²) in [5.41, 5.74) is -4.80. The molecule has 1 N–H and O–H groups in total. The molecule has 3 aromatic heterocycles. The smallest absolute Gasteiger partial charge is 0.376 e. The Kier molecular flexibility index (Phi) is 8.70. The lowest BCUT2D eigenvalue weighted by Gasteiger charge is -2.20. The number of benzene rings is 2. The first kappa shape index (κ1) is 32.1. The number of hydrogen-bond acceptors (Lipinski definition) is 10. The molecule has 5 rings (SSSR count). The van der Waals surface area contributed by atoms with Gasteiger partial charge in [0.05, 0.1) is 29.0 Å². The molecule has 2 aromatic carbocycles. The maximum absolute atomic E-state index is 13.8. The van der Waals surface area contributed by atoms with Crippen LogP contribution >= 0.6 is 0 Å². The summed E-state index contributed by atoms with van der Waals surface area (Å²) >= 11 is 0. The average Bonchev–Trinajstić information content (AvgIpc) is 3.38. The predicted octanol–water partition coefficient (Wildman–Crippen LogP) is 5.24. The number of imidazole rings is 1. The number of nitrogens with zero attached hydrogens (tertiary/aromatic N) is 6. The minimum Gasteiger partial charge on any atom is -0.376 e. The zero-order valence-corrected chi connectivity index (χ0v) is 26.6. The van der Waals surface area contributed by atoms with Crippen LogP contribution in [0.4, 0.5) is 19.0 Å². The molecule has 0 saturated carbocycles. The van der Waals surface area contributed by atoms with Crippen LogP contribution in [0, 0.1) is 0 Å². The van der Waals surface area contributed by atoms with Gasteiger partial charge in [0.1, 0.15) is 24.6 Å². The van der Waals surface area contributed by atoms with E-state index in [1.165, 1.54) is 23.0 Å². The van der Waals surface area contributed by atoms with Gasteiger partial charge in [-0.1, -0.05) is 37.8 Å². The van der Waals surface area contributed by atoms with Gasteiger partial charge in [-0.15, -0.1) is 0 Å². The summed E-state index contributed by atoms with van der Waals surface area (Å²) in [6.45, 7) is 9.38. The summed E-state index contributed by atoms with van der Waals surface area (Å²) in [6, 6.07) is 11.6. The lowest BCUT2D eigenvalue weighted by atomic mass is 10.2. The van der Waals surface area contributed by atoms with Crippen molar-refractivity contribution in [1.82, 2.24) is 29.1 Å². The Bertz CT molecular complexity index is 2030. The van der Waals surface area contributed by atoms with Gasteiger partial charge in [-0.05, 0) is 37.2 Å². The van der Waals surface area contributed by atoms with Crippen LogP contribution in [0.15, 0.2) is 66.0 Å². The van der Waals surface area contributed by atoms with E-state index in [1.54, 1.807) is 42.1 Å². The normalized spacial score (nSPS) is 13.3. The Hall–Kier alpha value is -4.35. The van der Waals surface area contributed by atoms with Crippen LogP contribution < -0.4 is 15.1 Å². The lowest BCUT2D eigenvalue weighted by molar-refractivity contribution is -0.0500. The van der Waals surface area contributed by atoms with Gasteiger partial charge in [0, 0.05) is 20.7 Å². The summed E-state index contributed by atoms with van der Waals surface area (Å²) < 4.78 is 75.3. The van der Waals surface area contributed by atoms with Crippen LogP contribution in [0.2, 0.25) is 25.7 Å². The van der Waals surface area contributed by atoms with Gasteiger partial charge in [-0.2, -0.15) is 21.6 Å². The molecule has 0 aliphatic carbocycles. The third kappa shape index (κ3) is 6.99. The SMILES string of the molecule is CC(Nc1ncnc2c1ncn2COCC[Si](C)(C)C)c1nc2ccccc2c(=O)n1-c1cccc(OS(=O)(=O)C(F)(F)F)c1. The second-order valence-corrected chi connectivity index (χ2v) is 18.6. The van der Waals surface area contributed by atoms with Crippen LogP contribution in [-0.2, 0) is 21.6 Å². The summed E-state index contributed by atoms with van der Waals surface area (Å²) in [7, 11) is -7.20. The number of nitrogens with one attached hydrogen (secondary N) is 1. The molecule has 0 saturated heterocycles. The standard InChI is InChI=1S/C28H30F3N7O5SSi/c1-18(35-24-23-26(33-15-32-24)37(16-34-23)17-42-12-13-45(2,3)4)25-36-22-11-6-5-10-21(22)27(39)38(25)19-8-7-9-20(14-19)43-44(40,41)28(29,30)31/h5-11,14-16,18H,12-13,17H2,1-4H3,(H,32,33,35). The molecule has 0 amide bonds. The Balaban J connectivity index is 1.51. The molecule has 3 heterocycles. The summed E-state index contributed by atoms with van der Waals surface area (Å²) in [4.78, 5) is 31.6. The zero-order chi connectivity index (χ0) is 32.6. The first-order chi connectivity index (χ1) is 21.1. The summed E-state index contributed by atoms with van der Waals surface area (Å²) in [5.74, 6) is -0.127. The van der Waals surface area contributed by atoms with E-state index in [4.69, 9.17) is 4.74 Å². The highest BCUT2D eigenvalue weighted by Gasteiger charge is 2.48. The van der Waals surface area contributed by atoms with Crippen LogP contribution in [0.1, 0.15) is 18.8 Å². The second kappa shape index (κ2) is 12.2. The second-order valence-electron chi connectivity index (χ2n) is 11.4. The molecule has 12 nitrogen and oxygen atoms in total. The van der Waals surface area contributed by atoms with Crippen LogP contribution in [0.25, 0.3) is 27.8 Å². The first-order valence-electron chi connectivity index (χ1n) is 13.8. The minimum atomic E-state index is -5.94. The number of aromatic nitrogens is 6. The molecular formula is C28H30F3N7O5SSi. The van der Waals surface area contributed by atoms with Crippen molar-refractivity contribution >= 4 is 46.1 Å². The van der Waals surface area contributed by atoms with Gasteiger partial charge in [-0.3, -0.25) is 13.9 Å². The molecule has 0 fully saturated rings. The summed E-state index contributed by atoms with van der Waals surface area (Å²) in [5, 5.41) is 3.45. The molecule has 45 heavy (non-hydrogen) atoms.